The number of aromatic amines is 2. The van der Waals surface area contributed by atoms with Gasteiger partial charge < -0.3 is 19.8 Å². The normalized spacial score (nSPS) is 10.8. The molecule has 3 aromatic rings. The molecule has 7 heteroatoms. The van der Waals surface area contributed by atoms with Gasteiger partial charge in [-0.1, -0.05) is 11.2 Å². The molecule has 2 aromatic heterocycles. The number of hydrogen-bond acceptors (Lipinski definition) is 4. The Balaban J connectivity index is 1.75. The van der Waals surface area contributed by atoms with Gasteiger partial charge in [-0.2, -0.15) is 0 Å². The van der Waals surface area contributed by atoms with Crippen molar-refractivity contribution < 1.29 is 9.32 Å². The first kappa shape index (κ1) is 12.2. The van der Waals surface area contributed by atoms with Crippen LogP contribution < -0.4 is 11.0 Å². The molecule has 20 heavy (non-hydrogen) atoms. The summed E-state index contributed by atoms with van der Waals surface area (Å²) in [5, 5.41) is 6.33. The molecule has 0 aliphatic heterocycles. The van der Waals surface area contributed by atoms with Gasteiger partial charge in [-0.25, -0.2) is 4.79 Å². The minimum Gasteiger partial charge on any atom is -0.360 e. The highest BCUT2D eigenvalue weighted by Crippen LogP contribution is 2.12. The highest BCUT2D eigenvalue weighted by atomic mass is 16.5. The van der Waals surface area contributed by atoms with Crippen LogP contribution >= 0.6 is 0 Å². The predicted octanol–water partition coefficient (Wildman–Crippen LogP) is 1.33. The molecule has 0 radical (unpaired) electrons. The Morgan fingerprint density at radius 1 is 1.30 bits per heavy atom. The first-order valence-electron chi connectivity index (χ1n) is 6.04. The first-order valence-corrected chi connectivity index (χ1v) is 6.04. The molecule has 2 heterocycles. The van der Waals surface area contributed by atoms with Crippen LogP contribution in [0.3, 0.4) is 0 Å². The van der Waals surface area contributed by atoms with Gasteiger partial charge in [0.15, 0.2) is 5.82 Å². The average Bonchev–Trinajstić information content (AvgIpc) is 2.93. The number of carbonyl (C=O) groups excluding carboxylic acids is 1. The summed E-state index contributed by atoms with van der Waals surface area (Å²) in [6.07, 6.45) is 0.190. The number of fused-ring (bicyclic) bond motifs is 1. The summed E-state index contributed by atoms with van der Waals surface area (Å²) in [6.45, 7) is 1.75. The van der Waals surface area contributed by atoms with E-state index in [1.165, 1.54) is 0 Å². The highest BCUT2D eigenvalue weighted by molar-refractivity contribution is 5.92. The zero-order valence-corrected chi connectivity index (χ0v) is 10.7. The molecule has 0 bridgehead atoms. The van der Waals surface area contributed by atoms with Crippen molar-refractivity contribution in [1.82, 2.24) is 15.1 Å². The van der Waals surface area contributed by atoms with E-state index in [4.69, 9.17) is 4.52 Å². The van der Waals surface area contributed by atoms with Gasteiger partial charge in [0.2, 0.25) is 5.91 Å². The smallest absolute Gasteiger partial charge is 0.323 e. The zero-order chi connectivity index (χ0) is 14.1. The number of hydrogen-bond donors (Lipinski definition) is 3. The molecule has 0 aliphatic rings. The largest absolute Gasteiger partial charge is 0.360 e. The molecular formula is C13H12N4O3. The van der Waals surface area contributed by atoms with E-state index >= 15 is 0 Å². The van der Waals surface area contributed by atoms with Gasteiger partial charge in [0.05, 0.1) is 17.5 Å². The van der Waals surface area contributed by atoms with Crippen LogP contribution in [0.5, 0.6) is 0 Å². The van der Waals surface area contributed by atoms with Crippen LogP contribution in [0.1, 0.15) is 11.3 Å². The van der Waals surface area contributed by atoms with Crippen LogP contribution in [0.2, 0.25) is 0 Å². The molecule has 102 valence electrons. The third kappa shape index (κ3) is 2.46. The number of amides is 1. The number of carbonyl (C=O) groups is 1. The molecule has 0 aliphatic carbocycles. The second-order valence-corrected chi connectivity index (χ2v) is 4.51. The number of benzene rings is 1. The molecule has 3 N–H and O–H groups in total. The van der Waals surface area contributed by atoms with Crippen molar-refractivity contribution in [3.63, 3.8) is 0 Å². The molecule has 1 amide bonds. The molecular weight excluding hydrogens is 260 g/mol. The Morgan fingerprint density at radius 3 is 2.85 bits per heavy atom. The molecule has 0 saturated heterocycles. The lowest BCUT2D eigenvalue weighted by Crippen LogP contribution is -2.14. The van der Waals surface area contributed by atoms with Crippen molar-refractivity contribution >= 4 is 22.8 Å². The van der Waals surface area contributed by atoms with Crippen molar-refractivity contribution in [3.05, 3.63) is 46.1 Å². The fourth-order valence-corrected chi connectivity index (χ4v) is 1.99. The van der Waals surface area contributed by atoms with Crippen molar-refractivity contribution in [2.75, 3.05) is 5.32 Å². The van der Waals surface area contributed by atoms with Crippen LogP contribution in [-0.4, -0.2) is 21.0 Å². The number of rotatable bonds is 3. The Labute approximate surface area is 113 Å². The van der Waals surface area contributed by atoms with Gasteiger partial charge in [-0.3, -0.25) is 4.79 Å². The Hall–Kier alpha value is -2.83. The van der Waals surface area contributed by atoms with Gasteiger partial charge >= 0.3 is 5.69 Å². The summed E-state index contributed by atoms with van der Waals surface area (Å²) in [6, 6.07) is 6.96. The maximum atomic E-state index is 11.9. The number of H-pyrrole nitrogens is 2. The molecule has 7 nitrogen and oxygen atoms in total. The lowest BCUT2D eigenvalue weighted by Gasteiger charge is -2.01. The van der Waals surface area contributed by atoms with E-state index in [2.05, 4.69) is 20.4 Å². The van der Waals surface area contributed by atoms with E-state index in [1.54, 1.807) is 31.2 Å². The predicted molar refractivity (Wildman–Crippen MR) is 72.5 cm³/mol. The standard InChI is InChI=1S/C13H12N4O3/c1-7-4-11(17-20-7)16-12(18)6-8-2-3-9-10(5-8)15-13(19)14-9/h2-5H,6H2,1H3,(H2,14,15,19)(H,16,17,18). The average molecular weight is 272 g/mol. The van der Waals surface area contributed by atoms with Crippen molar-refractivity contribution in [2.45, 2.75) is 13.3 Å². The van der Waals surface area contributed by atoms with E-state index in [0.29, 0.717) is 22.6 Å². The van der Waals surface area contributed by atoms with Crippen molar-refractivity contribution in [2.24, 2.45) is 0 Å². The third-order valence-corrected chi connectivity index (χ3v) is 2.84. The fourth-order valence-electron chi connectivity index (χ4n) is 1.99. The van der Waals surface area contributed by atoms with Crippen LogP contribution in [0, 0.1) is 6.92 Å². The molecule has 3 rings (SSSR count). The summed E-state index contributed by atoms with van der Waals surface area (Å²) < 4.78 is 4.87. The summed E-state index contributed by atoms with van der Waals surface area (Å²) in [4.78, 5) is 28.3. The van der Waals surface area contributed by atoms with Gasteiger partial charge in [0.25, 0.3) is 0 Å². The first-order chi connectivity index (χ1) is 9.60. The number of nitrogens with zero attached hydrogens (tertiary/aromatic N) is 1. The van der Waals surface area contributed by atoms with Crippen LogP contribution in [0.4, 0.5) is 5.82 Å². The van der Waals surface area contributed by atoms with Gasteiger partial charge in [-0.05, 0) is 24.6 Å². The minimum atomic E-state index is -0.264. The number of anilines is 1. The molecule has 0 unspecified atom stereocenters. The Bertz CT molecular complexity index is 827. The maximum Gasteiger partial charge on any atom is 0.323 e. The fraction of sp³-hybridized carbons (Fsp3) is 0.154. The summed E-state index contributed by atoms with van der Waals surface area (Å²) in [7, 11) is 0. The van der Waals surface area contributed by atoms with Crippen LogP contribution in [0.25, 0.3) is 11.0 Å². The Kier molecular flexibility index (Phi) is 2.86. The molecule has 0 atom stereocenters. The monoisotopic (exact) mass is 272 g/mol. The molecule has 0 spiro atoms. The lowest BCUT2D eigenvalue weighted by atomic mass is 10.1. The lowest BCUT2D eigenvalue weighted by molar-refractivity contribution is -0.115. The zero-order valence-electron chi connectivity index (χ0n) is 10.7. The minimum absolute atomic E-state index is 0.190. The van der Waals surface area contributed by atoms with Crippen molar-refractivity contribution in [3.8, 4) is 0 Å². The molecule has 0 fully saturated rings. The summed E-state index contributed by atoms with van der Waals surface area (Å²) in [5.74, 6) is 0.825. The van der Waals surface area contributed by atoms with E-state index < -0.39 is 0 Å². The van der Waals surface area contributed by atoms with E-state index in [0.717, 1.165) is 5.56 Å². The second kappa shape index (κ2) is 4.69. The number of aryl methyl sites for hydroxylation is 1. The molecule has 1 aromatic carbocycles. The van der Waals surface area contributed by atoms with Crippen molar-refractivity contribution in [1.29, 1.82) is 0 Å². The Morgan fingerprint density at radius 2 is 2.10 bits per heavy atom. The van der Waals surface area contributed by atoms with Crippen LogP contribution in [-0.2, 0) is 11.2 Å². The van der Waals surface area contributed by atoms with E-state index in [-0.39, 0.29) is 18.0 Å². The quantitative estimate of drug-likeness (QED) is 0.669. The van der Waals surface area contributed by atoms with Gasteiger partial charge in [0.1, 0.15) is 5.76 Å². The van der Waals surface area contributed by atoms with E-state index in [9.17, 15) is 9.59 Å². The van der Waals surface area contributed by atoms with Crippen LogP contribution in [0.15, 0.2) is 33.6 Å². The highest BCUT2D eigenvalue weighted by Gasteiger charge is 2.08. The SMILES string of the molecule is Cc1cc(NC(=O)Cc2ccc3[nH]c(=O)[nH]c3c2)no1. The number of nitrogens with one attached hydrogen (secondary N) is 3. The number of aromatic nitrogens is 3. The number of imidazole rings is 1. The van der Waals surface area contributed by atoms with Gasteiger partial charge in [-0.15, -0.1) is 0 Å². The second-order valence-electron chi connectivity index (χ2n) is 4.51. The van der Waals surface area contributed by atoms with Gasteiger partial charge in [0, 0.05) is 6.07 Å². The summed E-state index contributed by atoms with van der Waals surface area (Å²) in [5.41, 5.74) is 1.93. The third-order valence-electron chi connectivity index (χ3n) is 2.84. The summed E-state index contributed by atoms with van der Waals surface area (Å²) >= 11 is 0. The maximum absolute atomic E-state index is 11.9. The molecule has 0 saturated carbocycles. The topological polar surface area (TPSA) is 104 Å². The van der Waals surface area contributed by atoms with E-state index in [1.807, 2.05) is 0 Å².